The molecule has 66 valence electrons. The molecule has 12 heavy (non-hydrogen) atoms. The van der Waals surface area contributed by atoms with Gasteiger partial charge in [-0.15, -0.1) is 0 Å². The first-order chi connectivity index (χ1) is 5.90. The van der Waals surface area contributed by atoms with Gasteiger partial charge in [-0.1, -0.05) is 0 Å². The van der Waals surface area contributed by atoms with E-state index >= 15 is 0 Å². The van der Waals surface area contributed by atoms with Gasteiger partial charge in [0.1, 0.15) is 5.82 Å². The first kappa shape index (κ1) is 7.73. The molecular formula is C8H14N4. The number of aromatic nitrogens is 3. The third-order valence-corrected chi connectivity index (χ3v) is 2.10. The molecule has 0 atom stereocenters. The summed E-state index contributed by atoms with van der Waals surface area (Å²) < 4.78 is 0. The summed E-state index contributed by atoms with van der Waals surface area (Å²) in [4.78, 5) is 4.40. The maximum atomic E-state index is 4.40. The van der Waals surface area contributed by atoms with Gasteiger partial charge in [0.05, 0.1) is 0 Å². The molecule has 4 nitrogen and oxygen atoms in total. The van der Waals surface area contributed by atoms with Gasteiger partial charge in [-0.3, -0.25) is 5.10 Å². The second-order valence-electron chi connectivity index (χ2n) is 3.27. The number of hydrogen-bond acceptors (Lipinski definition) is 3. The molecule has 1 saturated carbocycles. The van der Waals surface area contributed by atoms with Crippen LogP contribution in [0.15, 0.2) is 0 Å². The minimum absolute atomic E-state index is 0.657. The highest BCUT2D eigenvalue weighted by Crippen LogP contribution is 2.37. The molecule has 0 amide bonds. The van der Waals surface area contributed by atoms with Crippen molar-refractivity contribution < 1.29 is 0 Å². The van der Waals surface area contributed by atoms with Crippen LogP contribution in [0.2, 0.25) is 0 Å². The summed E-state index contributed by atoms with van der Waals surface area (Å²) >= 11 is 0. The van der Waals surface area contributed by atoms with Crippen molar-refractivity contribution in [1.82, 2.24) is 20.5 Å². The van der Waals surface area contributed by atoms with E-state index < -0.39 is 0 Å². The lowest BCUT2D eigenvalue weighted by molar-refractivity contribution is 0.758. The monoisotopic (exact) mass is 166 g/mol. The van der Waals surface area contributed by atoms with Crippen LogP contribution in [-0.2, 0) is 6.42 Å². The van der Waals surface area contributed by atoms with Crippen molar-refractivity contribution in [3.63, 3.8) is 0 Å². The van der Waals surface area contributed by atoms with Crippen LogP contribution in [0.3, 0.4) is 0 Å². The van der Waals surface area contributed by atoms with Crippen LogP contribution in [0.1, 0.15) is 30.4 Å². The molecule has 1 aromatic heterocycles. The van der Waals surface area contributed by atoms with Crippen LogP contribution < -0.4 is 5.32 Å². The largest absolute Gasteiger partial charge is 0.319 e. The highest BCUT2D eigenvalue weighted by Gasteiger charge is 2.27. The summed E-state index contributed by atoms with van der Waals surface area (Å²) in [5.74, 6) is 2.68. The number of H-pyrrole nitrogens is 1. The molecule has 1 aromatic rings. The van der Waals surface area contributed by atoms with E-state index in [1.807, 2.05) is 7.05 Å². The van der Waals surface area contributed by atoms with E-state index in [-0.39, 0.29) is 0 Å². The zero-order valence-electron chi connectivity index (χ0n) is 7.30. The fourth-order valence-corrected chi connectivity index (χ4v) is 1.19. The van der Waals surface area contributed by atoms with Crippen LogP contribution in [0.25, 0.3) is 0 Å². The third kappa shape index (κ3) is 1.64. The quantitative estimate of drug-likeness (QED) is 0.682. The van der Waals surface area contributed by atoms with E-state index in [1.165, 1.54) is 12.8 Å². The number of aromatic amines is 1. The Morgan fingerprint density at radius 2 is 2.42 bits per heavy atom. The summed E-state index contributed by atoms with van der Waals surface area (Å²) in [7, 11) is 1.94. The van der Waals surface area contributed by atoms with Crippen molar-refractivity contribution in [2.45, 2.75) is 25.2 Å². The second kappa shape index (κ2) is 3.23. The molecule has 1 heterocycles. The Bertz CT molecular complexity index is 251. The Kier molecular flexibility index (Phi) is 2.08. The van der Waals surface area contributed by atoms with Crippen molar-refractivity contribution in [3.8, 4) is 0 Å². The summed E-state index contributed by atoms with van der Waals surface area (Å²) in [6.07, 6.45) is 3.48. The van der Waals surface area contributed by atoms with Gasteiger partial charge in [-0.05, 0) is 19.9 Å². The molecule has 0 saturated heterocycles. The Balaban J connectivity index is 1.93. The summed E-state index contributed by atoms with van der Waals surface area (Å²) in [5, 5.41) is 10.2. The topological polar surface area (TPSA) is 53.6 Å². The summed E-state index contributed by atoms with van der Waals surface area (Å²) in [6, 6.07) is 0. The van der Waals surface area contributed by atoms with Crippen molar-refractivity contribution in [2.24, 2.45) is 0 Å². The molecular weight excluding hydrogens is 152 g/mol. The molecule has 0 unspecified atom stereocenters. The average molecular weight is 166 g/mol. The molecule has 0 spiro atoms. The van der Waals surface area contributed by atoms with Crippen molar-refractivity contribution >= 4 is 0 Å². The fraction of sp³-hybridized carbons (Fsp3) is 0.750. The normalized spacial score (nSPS) is 16.8. The number of hydrogen-bond donors (Lipinski definition) is 2. The van der Waals surface area contributed by atoms with Gasteiger partial charge in [-0.2, -0.15) is 5.10 Å². The van der Waals surface area contributed by atoms with Gasteiger partial charge >= 0.3 is 0 Å². The summed E-state index contributed by atoms with van der Waals surface area (Å²) in [6.45, 7) is 0.958. The van der Waals surface area contributed by atoms with Crippen LogP contribution >= 0.6 is 0 Å². The third-order valence-electron chi connectivity index (χ3n) is 2.10. The van der Waals surface area contributed by atoms with Gasteiger partial charge in [0.2, 0.25) is 0 Å². The predicted molar refractivity (Wildman–Crippen MR) is 46.0 cm³/mol. The van der Waals surface area contributed by atoms with E-state index in [4.69, 9.17) is 0 Å². The molecule has 2 N–H and O–H groups in total. The molecule has 2 rings (SSSR count). The predicted octanol–water partition coefficient (Wildman–Crippen LogP) is 0.444. The zero-order valence-corrected chi connectivity index (χ0v) is 7.30. The van der Waals surface area contributed by atoms with E-state index in [0.29, 0.717) is 5.92 Å². The molecule has 0 radical (unpaired) electrons. The number of nitrogens with one attached hydrogen (secondary N) is 2. The first-order valence-corrected chi connectivity index (χ1v) is 4.46. The number of rotatable bonds is 4. The lowest BCUT2D eigenvalue weighted by Gasteiger charge is -1.92. The van der Waals surface area contributed by atoms with E-state index in [1.54, 1.807) is 0 Å². The van der Waals surface area contributed by atoms with Crippen LogP contribution in [-0.4, -0.2) is 28.8 Å². The van der Waals surface area contributed by atoms with Crippen molar-refractivity contribution in [2.75, 3.05) is 13.6 Å². The lowest BCUT2D eigenvalue weighted by atomic mass is 10.4. The molecule has 1 aliphatic rings. The highest BCUT2D eigenvalue weighted by atomic mass is 15.2. The van der Waals surface area contributed by atoms with E-state index in [0.717, 1.165) is 24.6 Å². The van der Waals surface area contributed by atoms with E-state index in [9.17, 15) is 0 Å². The second-order valence-corrected chi connectivity index (χ2v) is 3.27. The Morgan fingerprint density at radius 1 is 1.58 bits per heavy atom. The maximum Gasteiger partial charge on any atom is 0.153 e. The Morgan fingerprint density at radius 3 is 3.08 bits per heavy atom. The minimum atomic E-state index is 0.657. The Hall–Kier alpha value is -0.900. The number of nitrogens with zero attached hydrogens (tertiary/aromatic N) is 2. The highest BCUT2D eigenvalue weighted by molar-refractivity contribution is 5.04. The van der Waals surface area contributed by atoms with Crippen LogP contribution in [0.5, 0.6) is 0 Å². The summed E-state index contributed by atoms with van der Waals surface area (Å²) in [5.41, 5.74) is 0. The first-order valence-electron chi connectivity index (χ1n) is 4.46. The number of likely N-dealkylation sites (N-methyl/N-ethyl adjacent to an activating group) is 1. The SMILES string of the molecule is CNCCc1nc(C2CC2)n[nH]1. The van der Waals surface area contributed by atoms with Gasteiger partial charge in [-0.25, -0.2) is 4.98 Å². The smallest absolute Gasteiger partial charge is 0.153 e. The fourth-order valence-electron chi connectivity index (χ4n) is 1.19. The standard InChI is InChI=1S/C8H14N4/c1-9-5-4-7-10-8(12-11-7)6-2-3-6/h6,9H,2-5H2,1H3,(H,10,11,12). The molecule has 4 heteroatoms. The van der Waals surface area contributed by atoms with Crippen LogP contribution in [0.4, 0.5) is 0 Å². The van der Waals surface area contributed by atoms with Crippen molar-refractivity contribution in [1.29, 1.82) is 0 Å². The molecule has 0 bridgehead atoms. The average Bonchev–Trinajstić information content (AvgIpc) is 2.83. The zero-order chi connectivity index (χ0) is 8.39. The van der Waals surface area contributed by atoms with Gasteiger partial charge in [0, 0.05) is 18.9 Å². The van der Waals surface area contributed by atoms with Gasteiger partial charge < -0.3 is 5.32 Å². The lowest BCUT2D eigenvalue weighted by Crippen LogP contribution is -2.11. The minimum Gasteiger partial charge on any atom is -0.319 e. The molecule has 1 fully saturated rings. The molecule has 0 aromatic carbocycles. The Labute approximate surface area is 71.8 Å². The molecule has 0 aliphatic heterocycles. The van der Waals surface area contributed by atoms with E-state index in [2.05, 4.69) is 20.5 Å². The van der Waals surface area contributed by atoms with Gasteiger partial charge in [0.15, 0.2) is 5.82 Å². The van der Waals surface area contributed by atoms with Crippen molar-refractivity contribution in [3.05, 3.63) is 11.6 Å². The maximum absolute atomic E-state index is 4.40. The van der Waals surface area contributed by atoms with Gasteiger partial charge in [0.25, 0.3) is 0 Å². The van der Waals surface area contributed by atoms with Crippen LogP contribution in [0, 0.1) is 0 Å². The molecule has 1 aliphatic carbocycles.